The molecule has 28 heavy (non-hydrogen) atoms. The van der Waals surface area contributed by atoms with Crippen molar-refractivity contribution in [3.05, 3.63) is 58.5 Å². The Balaban J connectivity index is 1.89. The van der Waals surface area contributed by atoms with Crippen LogP contribution in [0.25, 0.3) is 5.65 Å². The van der Waals surface area contributed by atoms with Gasteiger partial charge < -0.3 is 0 Å². The quantitative estimate of drug-likeness (QED) is 0.625. The third kappa shape index (κ3) is 4.01. The summed E-state index contributed by atoms with van der Waals surface area (Å²) < 4.78 is 67.3. The number of fused-ring (bicyclic) bond motifs is 1. The number of Topliss-reactive ketones (excluding diaryl/α,β-unsaturated/α-hetero) is 1. The van der Waals surface area contributed by atoms with Crippen molar-refractivity contribution < 1.29 is 26.4 Å². The lowest BCUT2D eigenvalue weighted by Gasteiger charge is -2.09. The van der Waals surface area contributed by atoms with Crippen molar-refractivity contribution in [2.45, 2.75) is 24.5 Å². The molecule has 0 saturated heterocycles. The van der Waals surface area contributed by atoms with E-state index < -0.39 is 34.0 Å². The molecule has 1 aromatic carbocycles. The summed E-state index contributed by atoms with van der Waals surface area (Å²) in [5.41, 5.74) is -1.23. The minimum Gasteiger partial charge on any atom is -0.295 e. The summed E-state index contributed by atoms with van der Waals surface area (Å²) in [6.45, 7) is 0.925. The molecule has 0 saturated carbocycles. The number of pyridine rings is 1. The van der Waals surface area contributed by atoms with Crippen molar-refractivity contribution in [2.24, 2.45) is 0 Å². The van der Waals surface area contributed by atoms with Crippen molar-refractivity contribution in [2.75, 3.05) is 0 Å². The molecule has 0 fully saturated rings. The van der Waals surface area contributed by atoms with Crippen LogP contribution >= 0.6 is 11.6 Å². The van der Waals surface area contributed by atoms with Gasteiger partial charge >= 0.3 is 6.18 Å². The fraction of sp³-hybridized carbons (Fsp3) is 0.188. The second-order valence-corrected chi connectivity index (χ2v) is 7.99. The summed E-state index contributed by atoms with van der Waals surface area (Å²) in [5, 5.41) is 6.91. The maximum absolute atomic E-state index is 13.1. The molecular weight excluding hydrogens is 421 g/mol. The highest BCUT2D eigenvalue weighted by Gasteiger charge is 2.35. The molecule has 7 nitrogen and oxygen atoms in total. The zero-order chi connectivity index (χ0) is 20.7. The van der Waals surface area contributed by atoms with Crippen molar-refractivity contribution in [1.29, 1.82) is 0 Å². The monoisotopic (exact) mass is 432 g/mol. The summed E-state index contributed by atoms with van der Waals surface area (Å²) in [5.74, 6) is -0.295. The van der Waals surface area contributed by atoms with Crippen LogP contribution in [0.15, 0.2) is 41.4 Å². The van der Waals surface area contributed by atoms with Crippen LogP contribution in [0.4, 0.5) is 13.2 Å². The fourth-order valence-electron chi connectivity index (χ4n) is 2.45. The maximum Gasteiger partial charge on any atom is 0.420 e. The number of carbonyl (C=O) groups is 1. The molecule has 0 amide bonds. The Morgan fingerprint density at radius 2 is 1.86 bits per heavy atom. The number of benzene rings is 1. The molecule has 1 N–H and O–H groups in total. The Labute approximate surface area is 162 Å². The molecule has 0 atom stereocenters. The summed E-state index contributed by atoms with van der Waals surface area (Å²) in [4.78, 5) is 11.2. The van der Waals surface area contributed by atoms with Crippen molar-refractivity contribution in [3.8, 4) is 0 Å². The standard InChI is InChI=1S/C16H12ClF3N4O3S/c1-9(25)10-2-4-12(5-3-10)28(26,27)21-7-14-22-23-15-13(16(18,19)20)6-11(17)8-24(14)15/h2-6,8,21H,7H2,1H3. The van der Waals surface area contributed by atoms with E-state index in [-0.39, 0.29) is 21.5 Å². The zero-order valence-corrected chi connectivity index (χ0v) is 15.7. The molecule has 2 heterocycles. The highest BCUT2D eigenvalue weighted by Crippen LogP contribution is 2.33. The first kappa shape index (κ1) is 20.2. The van der Waals surface area contributed by atoms with Gasteiger partial charge in [0.25, 0.3) is 0 Å². The summed E-state index contributed by atoms with van der Waals surface area (Å²) in [6, 6.07) is 5.94. The number of sulfonamides is 1. The van der Waals surface area contributed by atoms with E-state index in [2.05, 4.69) is 14.9 Å². The Hall–Kier alpha value is -2.50. The number of nitrogens with zero attached hydrogens (tertiary/aromatic N) is 3. The first-order chi connectivity index (χ1) is 13.0. The average molecular weight is 433 g/mol. The number of nitrogens with one attached hydrogen (secondary N) is 1. The Kier molecular flexibility index (Phi) is 5.17. The molecule has 3 rings (SSSR count). The molecule has 0 aliphatic carbocycles. The summed E-state index contributed by atoms with van der Waals surface area (Å²) in [6.07, 6.45) is -3.54. The van der Waals surface area contributed by atoms with Gasteiger partial charge in [-0.05, 0) is 25.1 Å². The van der Waals surface area contributed by atoms with Crippen molar-refractivity contribution in [1.82, 2.24) is 19.3 Å². The van der Waals surface area contributed by atoms with E-state index in [0.29, 0.717) is 5.56 Å². The number of carbonyl (C=O) groups excluding carboxylic acids is 1. The molecule has 0 aliphatic heterocycles. The Morgan fingerprint density at radius 3 is 2.43 bits per heavy atom. The molecule has 0 radical (unpaired) electrons. The van der Waals surface area contributed by atoms with Crippen molar-refractivity contribution >= 4 is 33.1 Å². The predicted molar refractivity (Wildman–Crippen MR) is 93.5 cm³/mol. The summed E-state index contributed by atoms with van der Waals surface area (Å²) in [7, 11) is -3.99. The van der Waals surface area contributed by atoms with Crippen LogP contribution in [0.5, 0.6) is 0 Å². The van der Waals surface area contributed by atoms with E-state index in [1.54, 1.807) is 0 Å². The lowest BCUT2D eigenvalue weighted by atomic mass is 10.2. The first-order valence-corrected chi connectivity index (χ1v) is 9.56. The van der Waals surface area contributed by atoms with Crippen LogP contribution in [-0.4, -0.2) is 28.8 Å². The van der Waals surface area contributed by atoms with E-state index in [1.165, 1.54) is 31.2 Å². The molecule has 12 heteroatoms. The van der Waals surface area contributed by atoms with Gasteiger partial charge in [0.15, 0.2) is 17.3 Å². The topological polar surface area (TPSA) is 93.4 Å². The molecule has 0 bridgehead atoms. The number of alkyl halides is 3. The third-order valence-corrected chi connectivity index (χ3v) is 5.46. The normalized spacial score (nSPS) is 12.5. The van der Waals surface area contributed by atoms with Crippen LogP contribution in [0, 0.1) is 0 Å². The minimum atomic E-state index is -4.70. The minimum absolute atomic E-state index is 0.0769. The number of halogens is 4. The van der Waals surface area contributed by atoms with E-state index in [9.17, 15) is 26.4 Å². The fourth-order valence-corrected chi connectivity index (χ4v) is 3.63. The molecule has 3 aromatic rings. The van der Waals surface area contributed by atoms with Gasteiger partial charge in [0, 0.05) is 11.8 Å². The van der Waals surface area contributed by atoms with Gasteiger partial charge in [-0.25, -0.2) is 13.1 Å². The van der Waals surface area contributed by atoms with E-state index in [0.717, 1.165) is 16.7 Å². The third-order valence-electron chi connectivity index (χ3n) is 3.84. The van der Waals surface area contributed by atoms with Gasteiger partial charge in [0.2, 0.25) is 10.0 Å². The zero-order valence-electron chi connectivity index (χ0n) is 14.2. The number of aromatic nitrogens is 3. The highest BCUT2D eigenvalue weighted by molar-refractivity contribution is 7.89. The van der Waals surface area contributed by atoms with Gasteiger partial charge in [0.05, 0.1) is 16.5 Å². The van der Waals surface area contributed by atoms with Gasteiger partial charge in [-0.1, -0.05) is 23.7 Å². The number of hydrogen-bond donors (Lipinski definition) is 1. The highest BCUT2D eigenvalue weighted by atomic mass is 35.5. The molecule has 148 valence electrons. The molecule has 2 aromatic heterocycles. The predicted octanol–water partition coefficient (Wildman–Crippen LogP) is 3.08. The Bertz CT molecular complexity index is 1160. The number of rotatable bonds is 5. The summed E-state index contributed by atoms with van der Waals surface area (Å²) >= 11 is 5.74. The van der Waals surface area contributed by atoms with E-state index in [4.69, 9.17) is 11.6 Å². The lowest BCUT2D eigenvalue weighted by Crippen LogP contribution is -2.24. The molecule has 0 aliphatic rings. The van der Waals surface area contributed by atoms with Gasteiger partial charge in [-0.2, -0.15) is 13.2 Å². The van der Waals surface area contributed by atoms with Crippen LogP contribution in [-0.2, 0) is 22.7 Å². The SMILES string of the molecule is CC(=O)c1ccc(S(=O)(=O)NCc2nnc3c(C(F)(F)F)cc(Cl)cn23)cc1. The van der Waals surface area contributed by atoms with Crippen LogP contribution in [0.2, 0.25) is 5.02 Å². The second kappa shape index (κ2) is 7.15. The molecule has 0 unspecified atom stereocenters. The van der Waals surface area contributed by atoms with Gasteiger partial charge in [-0.3, -0.25) is 9.20 Å². The smallest absolute Gasteiger partial charge is 0.295 e. The molecular formula is C16H12ClF3N4O3S. The molecule has 0 spiro atoms. The first-order valence-electron chi connectivity index (χ1n) is 7.70. The lowest BCUT2D eigenvalue weighted by molar-refractivity contribution is -0.136. The van der Waals surface area contributed by atoms with Crippen LogP contribution in [0.3, 0.4) is 0 Å². The second-order valence-electron chi connectivity index (χ2n) is 5.78. The van der Waals surface area contributed by atoms with Gasteiger partial charge in [-0.15, -0.1) is 10.2 Å². The largest absolute Gasteiger partial charge is 0.420 e. The van der Waals surface area contributed by atoms with E-state index in [1.807, 2.05) is 0 Å². The maximum atomic E-state index is 13.1. The van der Waals surface area contributed by atoms with Crippen LogP contribution < -0.4 is 4.72 Å². The average Bonchev–Trinajstić information content (AvgIpc) is 3.01. The number of hydrogen-bond acceptors (Lipinski definition) is 5. The van der Waals surface area contributed by atoms with Gasteiger partial charge in [0.1, 0.15) is 5.56 Å². The number of ketones is 1. The van der Waals surface area contributed by atoms with Crippen molar-refractivity contribution in [3.63, 3.8) is 0 Å². The Morgan fingerprint density at radius 1 is 1.21 bits per heavy atom. The van der Waals surface area contributed by atoms with E-state index >= 15 is 0 Å². The van der Waals surface area contributed by atoms with Crippen LogP contribution in [0.1, 0.15) is 28.7 Å².